The van der Waals surface area contributed by atoms with Gasteiger partial charge in [0.05, 0.1) is 6.04 Å². The Bertz CT molecular complexity index is 196. The molecule has 76 valence electrons. The monoisotopic (exact) mass is 184 g/mol. The van der Waals surface area contributed by atoms with Crippen molar-refractivity contribution < 1.29 is 4.79 Å². The molecule has 1 fully saturated rings. The molecule has 1 heterocycles. The summed E-state index contributed by atoms with van der Waals surface area (Å²) in [6.45, 7) is 8.53. The Kier molecular flexibility index (Phi) is 2.96. The number of carbonyl (C=O) groups excluding carboxylic acids is 1. The fourth-order valence-corrected chi connectivity index (χ4v) is 1.95. The third kappa shape index (κ3) is 2.99. The van der Waals surface area contributed by atoms with Crippen LogP contribution in [-0.4, -0.2) is 29.9 Å². The molecule has 1 aliphatic heterocycles. The van der Waals surface area contributed by atoms with Gasteiger partial charge in [-0.2, -0.15) is 0 Å². The molecular formula is C10H20N2O. The van der Waals surface area contributed by atoms with Crippen molar-refractivity contribution in [2.45, 2.75) is 39.7 Å². The van der Waals surface area contributed by atoms with E-state index in [2.05, 4.69) is 25.7 Å². The van der Waals surface area contributed by atoms with Gasteiger partial charge in [-0.1, -0.05) is 20.8 Å². The number of nitrogens with two attached hydrogens (primary N) is 1. The van der Waals surface area contributed by atoms with E-state index in [1.165, 1.54) is 0 Å². The van der Waals surface area contributed by atoms with E-state index in [-0.39, 0.29) is 17.4 Å². The van der Waals surface area contributed by atoms with Crippen LogP contribution >= 0.6 is 0 Å². The van der Waals surface area contributed by atoms with Crippen molar-refractivity contribution in [3.05, 3.63) is 0 Å². The molecule has 0 unspecified atom stereocenters. The van der Waals surface area contributed by atoms with Gasteiger partial charge in [0.1, 0.15) is 0 Å². The average Bonchev–Trinajstić information content (AvgIpc) is 2.31. The highest BCUT2D eigenvalue weighted by Gasteiger charge is 2.31. The lowest BCUT2D eigenvalue weighted by Crippen LogP contribution is -2.43. The van der Waals surface area contributed by atoms with Crippen molar-refractivity contribution in [2.24, 2.45) is 11.1 Å². The molecule has 0 aromatic heterocycles. The second kappa shape index (κ2) is 3.66. The number of likely N-dealkylation sites (tertiary alicyclic amines) is 1. The Morgan fingerprint density at radius 2 is 2.15 bits per heavy atom. The molecule has 1 rings (SSSR count). The SMILES string of the molecule is CC(C)(C)CN1CCC[C@@H]1C(N)=O. The normalized spacial score (nSPS) is 25.0. The summed E-state index contributed by atoms with van der Waals surface area (Å²) in [5, 5.41) is 0. The number of rotatable bonds is 2. The summed E-state index contributed by atoms with van der Waals surface area (Å²) >= 11 is 0. The van der Waals surface area contributed by atoms with Gasteiger partial charge in [0.2, 0.25) is 5.91 Å². The van der Waals surface area contributed by atoms with E-state index in [1.807, 2.05) is 0 Å². The predicted octanol–water partition coefficient (Wildman–Crippen LogP) is 0.982. The van der Waals surface area contributed by atoms with Crippen LogP contribution in [0.5, 0.6) is 0 Å². The molecule has 2 N–H and O–H groups in total. The van der Waals surface area contributed by atoms with Crippen molar-refractivity contribution >= 4 is 5.91 Å². The fourth-order valence-electron chi connectivity index (χ4n) is 1.95. The number of amides is 1. The van der Waals surface area contributed by atoms with Crippen LogP contribution in [0.2, 0.25) is 0 Å². The summed E-state index contributed by atoms with van der Waals surface area (Å²) in [6, 6.07) is -0.0146. The molecule has 0 aliphatic carbocycles. The zero-order chi connectivity index (χ0) is 10.1. The van der Waals surface area contributed by atoms with Gasteiger partial charge in [0.15, 0.2) is 0 Å². The lowest BCUT2D eigenvalue weighted by atomic mass is 9.95. The van der Waals surface area contributed by atoms with Crippen molar-refractivity contribution in [3.63, 3.8) is 0 Å². The number of hydrogen-bond acceptors (Lipinski definition) is 2. The Labute approximate surface area is 80.3 Å². The lowest BCUT2D eigenvalue weighted by molar-refractivity contribution is -0.122. The third-order valence-electron chi connectivity index (χ3n) is 2.37. The smallest absolute Gasteiger partial charge is 0.234 e. The Morgan fingerprint density at radius 3 is 2.62 bits per heavy atom. The van der Waals surface area contributed by atoms with E-state index in [0.717, 1.165) is 25.9 Å². The minimum Gasteiger partial charge on any atom is -0.368 e. The molecule has 0 aromatic carbocycles. The standard InChI is InChI=1S/C10H20N2O/c1-10(2,3)7-12-6-4-5-8(12)9(11)13/h8H,4-7H2,1-3H3,(H2,11,13)/t8-/m1/s1. The molecule has 13 heavy (non-hydrogen) atoms. The molecule has 3 heteroatoms. The molecule has 0 aromatic rings. The largest absolute Gasteiger partial charge is 0.368 e. The van der Waals surface area contributed by atoms with Crippen LogP contribution in [-0.2, 0) is 4.79 Å². The Morgan fingerprint density at radius 1 is 1.54 bits per heavy atom. The third-order valence-corrected chi connectivity index (χ3v) is 2.37. The molecule has 0 saturated carbocycles. The molecule has 1 amide bonds. The van der Waals surface area contributed by atoms with E-state index in [1.54, 1.807) is 0 Å². The topological polar surface area (TPSA) is 46.3 Å². The summed E-state index contributed by atoms with van der Waals surface area (Å²) < 4.78 is 0. The maximum Gasteiger partial charge on any atom is 0.234 e. The second-order valence-corrected chi connectivity index (χ2v) is 5.09. The van der Waals surface area contributed by atoms with E-state index >= 15 is 0 Å². The number of hydrogen-bond donors (Lipinski definition) is 1. The van der Waals surface area contributed by atoms with Gasteiger partial charge in [0.25, 0.3) is 0 Å². The van der Waals surface area contributed by atoms with Crippen molar-refractivity contribution in [3.8, 4) is 0 Å². The zero-order valence-corrected chi connectivity index (χ0v) is 8.84. The van der Waals surface area contributed by atoms with E-state index in [0.29, 0.717) is 0 Å². The Hall–Kier alpha value is -0.570. The summed E-state index contributed by atoms with van der Waals surface area (Å²) in [5.41, 5.74) is 5.57. The van der Waals surface area contributed by atoms with E-state index in [4.69, 9.17) is 5.73 Å². The lowest BCUT2D eigenvalue weighted by Gasteiger charge is -2.29. The maximum atomic E-state index is 11.1. The van der Waals surface area contributed by atoms with Gasteiger partial charge >= 0.3 is 0 Å². The van der Waals surface area contributed by atoms with Gasteiger partial charge < -0.3 is 5.73 Å². The van der Waals surface area contributed by atoms with Gasteiger partial charge in [0, 0.05) is 6.54 Å². The van der Waals surface area contributed by atoms with Crippen LogP contribution in [0.4, 0.5) is 0 Å². The highest BCUT2D eigenvalue weighted by Crippen LogP contribution is 2.23. The molecule has 1 atom stereocenters. The molecule has 1 aliphatic rings. The van der Waals surface area contributed by atoms with Crippen LogP contribution in [0.1, 0.15) is 33.6 Å². The van der Waals surface area contributed by atoms with Crippen LogP contribution < -0.4 is 5.73 Å². The molecule has 3 nitrogen and oxygen atoms in total. The quantitative estimate of drug-likeness (QED) is 0.695. The van der Waals surface area contributed by atoms with Crippen LogP contribution in [0.3, 0.4) is 0 Å². The first kappa shape index (κ1) is 10.5. The van der Waals surface area contributed by atoms with Gasteiger partial charge in [-0.15, -0.1) is 0 Å². The molecule has 0 radical (unpaired) electrons. The minimum absolute atomic E-state index is 0.0146. The highest BCUT2D eigenvalue weighted by molar-refractivity contribution is 5.80. The average molecular weight is 184 g/mol. The van der Waals surface area contributed by atoms with Crippen LogP contribution in [0.15, 0.2) is 0 Å². The van der Waals surface area contributed by atoms with Crippen LogP contribution in [0, 0.1) is 5.41 Å². The molecule has 1 saturated heterocycles. The van der Waals surface area contributed by atoms with E-state index < -0.39 is 0 Å². The molecule has 0 bridgehead atoms. The second-order valence-electron chi connectivity index (χ2n) is 5.09. The first-order chi connectivity index (χ1) is 5.90. The summed E-state index contributed by atoms with van der Waals surface area (Å²) in [4.78, 5) is 13.3. The number of primary amides is 1. The summed E-state index contributed by atoms with van der Waals surface area (Å²) in [7, 11) is 0. The summed E-state index contributed by atoms with van der Waals surface area (Å²) in [6.07, 6.45) is 2.04. The van der Waals surface area contributed by atoms with Crippen molar-refractivity contribution in [1.29, 1.82) is 0 Å². The van der Waals surface area contributed by atoms with Gasteiger partial charge in [-0.05, 0) is 24.8 Å². The first-order valence-electron chi connectivity index (χ1n) is 4.93. The van der Waals surface area contributed by atoms with Gasteiger partial charge in [-0.25, -0.2) is 0 Å². The number of carbonyl (C=O) groups is 1. The highest BCUT2D eigenvalue weighted by atomic mass is 16.1. The first-order valence-corrected chi connectivity index (χ1v) is 4.93. The van der Waals surface area contributed by atoms with Crippen molar-refractivity contribution in [1.82, 2.24) is 4.90 Å². The van der Waals surface area contributed by atoms with Gasteiger partial charge in [-0.3, -0.25) is 9.69 Å². The Balaban J connectivity index is 2.54. The van der Waals surface area contributed by atoms with E-state index in [9.17, 15) is 4.79 Å². The minimum atomic E-state index is -0.165. The number of nitrogens with zero attached hydrogens (tertiary/aromatic N) is 1. The van der Waals surface area contributed by atoms with Crippen LogP contribution in [0.25, 0.3) is 0 Å². The summed E-state index contributed by atoms with van der Waals surface area (Å²) in [5.74, 6) is -0.165. The predicted molar refractivity (Wildman–Crippen MR) is 53.2 cm³/mol. The fraction of sp³-hybridized carbons (Fsp3) is 0.900. The van der Waals surface area contributed by atoms with Crippen molar-refractivity contribution in [2.75, 3.05) is 13.1 Å². The maximum absolute atomic E-state index is 11.1. The molecule has 0 spiro atoms. The zero-order valence-electron chi connectivity index (χ0n) is 8.84. The molecular weight excluding hydrogens is 164 g/mol.